The van der Waals surface area contributed by atoms with E-state index in [1.807, 2.05) is 43.3 Å². The van der Waals surface area contributed by atoms with E-state index in [1.54, 1.807) is 12.3 Å². The summed E-state index contributed by atoms with van der Waals surface area (Å²) in [5, 5.41) is 6.94. The van der Waals surface area contributed by atoms with E-state index in [4.69, 9.17) is 13.7 Å². The van der Waals surface area contributed by atoms with E-state index in [2.05, 4.69) is 15.4 Å². The zero-order valence-corrected chi connectivity index (χ0v) is 17.2. The molecule has 1 atom stereocenters. The number of furan rings is 1. The van der Waals surface area contributed by atoms with E-state index in [1.165, 1.54) is 19.3 Å². The van der Waals surface area contributed by atoms with Crippen LogP contribution in [-0.2, 0) is 0 Å². The van der Waals surface area contributed by atoms with Crippen molar-refractivity contribution < 1.29 is 18.5 Å². The lowest BCUT2D eigenvalue weighted by Crippen LogP contribution is -2.40. The Morgan fingerprint density at radius 2 is 2.00 bits per heavy atom. The van der Waals surface area contributed by atoms with Crippen LogP contribution in [0, 0.1) is 0 Å². The summed E-state index contributed by atoms with van der Waals surface area (Å²) < 4.78 is 16.5. The van der Waals surface area contributed by atoms with E-state index in [0.717, 1.165) is 30.2 Å². The van der Waals surface area contributed by atoms with Gasteiger partial charge in [0.1, 0.15) is 11.5 Å². The average Bonchev–Trinajstić information content (AvgIpc) is 3.48. The number of likely N-dealkylation sites (tertiary alicyclic amines) is 1. The molecule has 1 aliphatic rings. The third-order valence-electron chi connectivity index (χ3n) is 5.35. The maximum atomic E-state index is 12.7. The fourth-order valence-electron chi connectivity index (χ4n) is 3.80. The van der Waals surface area contributed by atoms with Crippen LogP contribution < -0.4 is 10.1 Å². The Morgan fingerprint density at radius 1 is 1.20 bits per heavy atom. The number of piperidine rings is 1. The van der Waals surface area contributed by atoms with Crippen molar-refractivity contribution in [1.82, 2.24) is 15.4 Å². The first-order chi connectivity index (χ1) is 14.7. The highest BCUT2D eigenvalue weighted by Gasteiger charge is 2.25. The normalized spacial score (nSPS) is 15.6. The fraction of sp³-hybridized carbons (Fsp3) is 0.391. The number of hydrogen-bond donors (Lipinski definition) is 1. The molecule has 0 saturated carbocycles. The van der Waals surface area contributed by atoms with Crippen molar-refractivity contribution in [3.05, 3.63) is 60.2 Å². The molecule has 0 aliphatic carbocycles. The van der Waals surface area contributed by atoms with Gasteiger partial charge in [-0.25, -0.2) is 0 Å². The van der Waals surface area contributed by atoms with Gasteiger partial charge in [-0.05, 0) is 69.3 Å². The second-order valence-corrected chi connectivity index (χ2v) is 7.37. The second-order valence-electron chi connectivity index (χ2n) is 7.37. The lowest BCUT2D eigenvalue weighted by atomic mass is 10.1. The van der Waals surface area contributed by atoms with Gasteiger partial charge in [-0.1, -0.05) is 11.6 Å². The lowest BCUT2D eigenvalue weighted by molar-refractivity contribution is 0.0905. The molecule has 0 bridgehead atoms. The van der Waals surface area contributed by atoms with E-state index in [0.29, 0.717) is 18.9 Å². The van der Waals surface area contributed by atoms with Crippen LogP contribution in [0.4, 0.5) is 0 Å². The van der Waals surface area contributed by atoms with E-state index in [9.17, 15) is 4.79 Å². The Hall–Kier alpha value is -3.06. The maximum absolute atomic E-state index is 12.7. The van der Waals surface area contributed by atoms with Gasteiger partial charge >= 0.3 is 0 Å². The van der Waals surface area contributed by atoms with Gasteiger partial charge in [0.15, 0.2) is 11.5 Å². The van der Waals surface area contributed by atoms with Gasteiger partial charge in [0, 0.05) is 18.2 Å². The Bertz CT molecular complexity index is 928. The zero-order chi connectivity index (χ0) is 20.8. The number of nitrogens with one attached hydrogen (secondary N) is 1. The molecule has 4 rings (SSSR count). The van der Waals surface area contributed by atoms with Crippen LogP contribution >= 0.6 is 0 Å². The van der Waals surface area contributed by atoms with Crippen molar-refractivity contribution in [2.24, 2.45) is 0 Å². The van der Waals surface area contributed by atoms with Crippen molar-refractivity contribution in [2.75, 3.05) is 26.2 Å². The second kappa shape index (κ2) is 9.63. The number of hydrogen-bond acceptors (Lipinski definition) is 6. The molecule has 1 saturated heterocycles. The smallest absolute Gasteiger partial charge is 0.273 e. The summed E-state index contributed by atoms with van der Waals surface area (Å²) in [4.78, 5) is 15.1. The molecular formula is C23H27N3O4. The molecule has 7 heteroatoms. The van der Waals surface area contributed by atoms with Crippen molar-refractivity contribution in [1.29, 1.82) is 0 Å². The predicted molar refractivity (Wildman–Crippen MR) is 112 cm³/mol. The third kappa shape index (κ3) is 4.74. The molecule has 0 spiro atoms. The van der Waals surface area contributed by atoms with Gasteiger partial charge < -0.3 is 19.0 Å². The molecule has 0 radical (unpaired) electrons. The Balaban J connectivity index is 1.40. The molecule has 2 aromatic heterocycles. The fourth-order valence-corrected chi connectivity index (χ4v) is 3.80. The van der Waals surface area contributed by atoms with Gasteiger partial charge in [0.05, 0.1) is 18.9 Å². The number of carbonyl (C=O) groups is 1. The molecule has 1 aromatic carbocycles. The van der Waals surface area contributed by atoms with Gasteiger partial charge in [-0.3, -0.25) is 9.69 Å². The quantitative estimate of drug-likeness (QED) is 0.598. The summed E-state index contributed by atoms with van der Waals surface area (Å²) in [6.45, 7) is 5.02. The Kier molecular flexibility index (Phi) is 6.49. The summed E-state index contributed by atoms with van der Waals surface area (Å²) in [5.41, 5.74) is 1.10. The van der Waals surface area contributed by atoms with Crippen molar-refractivity contribution >= 4 is 5.91 Å². The molecule has 30 heavy (non-hydrogen) atoms. The number of benzene rings is 1. The first kappa shape index (κ1) is 20.2. The number of ether oxygens (including phenoxy) is 1. The molecule has 3 aromatic rings. The first-order valence-electron chi connectivity index (χ1n) is 10.5. The molecular weight excluding hydrogens is 382 g/mol. The van der Waals surface area contributed by atoms with Crippen molar-refractivity contribution in [2.45, 2.75) is 32.2 Å². The molecule has 1 N–H and O–H groups in total. The predicted octanol–water partition coefficient (Wildman–Crippen LogP) is 4.29. The largest absolute Gasteiger partial charge is 0.494 e. The van der Waals surface area contributed by atoms with E-state index >= 15 is 0 Å². The number of aromatic nitrogens is 1. The summed E-state index contributed by atoms with van der Waals surface area (Å²) in [5.74, 6) is 1.94. The lowest BCUT2D eigenvalue weighted by Gasteiger charge is -2.33. The van der Waals surface area contributed by atoms with Gasteiger partial charge in [-0.2, -0.15) is 0 Å². The molecule has 7 nitrogen and oxygen atoms in total. The van der Waals surface area contributed by atoms with Gasteiger partial charge in [0.2, 0.25) is 0 Å². The maximum Gasteiger partial charge on any atom is 0.273 e. The van der Waals surface area contributed by atoms with Crippen molar-refractivity contribution in [3.63, 3.8) is 0 Å². The number of amides is 1. The molecule has 1 aliphatic heterocycles. The summed E-state index contributed by atoms with van der Waals surface area (Å²) >= 11 is 0. The molecule has 158 valence electrons. The van der Waals surface area contributed by atoms with Crippen LogP contribution in [-0.4, -0.2) is 42.2 Å². The molecule has 1 fully saturated rings. The first-order valence-corrected chi connectivity index (χ1v) is 10.5. The number of nitrogens with zero attached hydrogens (tertiary/aromatic N) is 2. The van der Waals surface area contributed by atoms with Crippen molar-refractivity contribution in [3.8, 4) is 17.1 Å². The standard InChI is InChI=1S/C23H27N3O4/c1-2-28-18-10-8-17(9-11-18)22-15-19(25-30-22)23(27)24-16-20(21-7-6-14-29-21)26-12-4-3-5-13-26/h6-11,14-15,20H,2-5,12-13,16H2,1H3,(H,24,27). The van der Waals surface area contributed by atoms with Crippen LogP contribution in [0.2, 0.25) is 0 Å². The van der Waals surface area contributed by atoms with E-state index in [-0.39, 0.29) is 17.6 Å². The van der Waals surface area contributed by atoms with Crippen LogP contribution in [0.25, 0.3) is 11.3 Å². The highest BCUT2D eigenvalue weighted by Crippen LogP contribution is 2.25. The third-order valence-corrected chi connectivity index (χ3v) is 5.35. The highest BCUT2D eigenvalue weighted by atomic mass is 16.5. The Labute approximate surface area is 176 Å². The number of rotatable bonds is 8. The topological polar surface area (TPSA) is 80.7 Å². The van der Waals surface area contributed by atoms with Crippen LogP contribution in [0.5, 0.6) is 5.75 Å². The monoisotopic (exact) mass is 409 g/mol. The van der Waals surface area contributed by atoms with Gasteiger partial charge in [0.25, 0.3) is 5.91 Å². The SMILES string of the molecule is CCOc1ccc(-c2cc(C(=O)NCC(c3ccco3)N3CCCCC3)no2)cc1. The van der Waals surface area contributed by atoms with Crippen LogP contribution in [0.3, 0.4) is 0 Å². The minimum atomic E-state index is -0.260. The van der Waals surface area contributed by atoms with E-state index < -0.39 is 0 Å². The molecule has 1 unspecified atom stereocenters. The minimum Gasteiger partial charge on any atom is -0.494 e. The van der Waals surface area contributed by atoms with Crippen LogP contribution in [0.1, 0.15) is 48.5 Å². The average molecular weight is 409 g/mol. The summed E-state index contributed by atoms with van der Waals surface area (Å²) in [6.07, 6.45) is 5.26. The zero-order valence-electron chi connectivity index (χ0n) is 17.2. The minimum absolute atomic E-state index is 0.0155. The molecule has 3 heterocycles. The highest BCUT2D eigenvalue weighted by molar-refractivity contribution is 5.93. The van der Waals surface area contributed by atoms with Crippen LogP contribution in [0.15, 0.2) is 57.7 Å². The summed E-state index contributed by atoms with van der Waals surface area (Å²) in [6, 6.07) is 13.0. The summed E-state index contributed by atoms with van der Waals surface area (Å²) in [7, 11) is 0. The number of carbonyl (C=O) groups excluding carboxylic acids is 1. The van der Waals surface area contributed by atoms with Gasteiger partial charge in [-0.15, -0.1) is 0 Å². The Morgan fingerprint density at radius 3 is 2.70 bits per heavy atom. The molecule has 1 amide bonds.